The van der Waals surface area contributed by atoms with Gasteiger partial charge in [-0.1, -0.05) is 13.8 Å². The molecule has 0 unspecified atom stereocenters. The molecule has 1 heterocycles. The van der Waals surface area contributed by atoms with E-state index in [1.165, 1.54) is 26.8 Å². The van der Waals surface area contributed by atoms with Crippen LogP contribution in [0.1, 0.15) is 58.5 Å². The lowest BCUT2D eigenvalue weighted by Crippen LogP contribution is -2.46. The molecular weight excluding hydrogens is 440 g/mol. The molecule has 1 aromatic heterocycles. The van der Waals surface area contributed by atoms with E-state index in [1.807, 2.05) is 0 Å². The van der Waals surface area contributed by atoms with Crippen molar-refractivity contribution in [2.24, 2.45) is 5.41 Å². The fourth-order valence-electron chi connectivity index (χ4n) is 2.76. The quantitative estimate of drug-likeness (QED) is 0.214. The van der Waals surface area contributed by atoms with Crippen molar-refractivity contribution < 1.29 is 34.2 Å². The maximum Gasteiger partial charge on any atom is 0.249 e. The lowest BCUT2D eigenvalue weighted by Gasteiger charge is -2.27. The topological polar surface area (TPSA) is 179 Å². The average Bonchev–Trinajstić information content (AvgIpc) is 3.20. The van der Waals surface area contributed by atoms with E-state index in [2.05, 4.69) is 20.8 Å². The van der Waals surface area contributed by atoms with Crippen LogP contribution in [0, 0.1) is 5.41 Å². The molecule has 1 atom stereocenters. The first-order valence-corrected chi connectivity index (χ1v) is 10.8. The van der Waals surface area contributed by atoms with Crippen LogP contribution in [-0.4, -0.2) is 81.1 Å². The third-order valence-corrected chi connectivity index (χ3v) is 5.81. The SMILES string of the molecule is CC(=O)c1n[nH]c2c1C(=O)C(SCCNC(=O)CCNC(=O)[C@H](O)C(C)(C)CO)=CC2=O. The molecule has 0 radical (unpaired) electrons. The van der Waals surface area contributed by atoms with Gasteiger partial charge in [-0.3, -0.25) is 29.1 Å². The molecule has 0 fully saturated rings. The highest BCUT2D eigenvalue weighted by Gasteiger charge is 2.33. The molecule has 1 aliphatic carbocycles. The number of aliphatic hydroxyl groups excluding tert-OH is 2. The van der Waals surface area contributed by atoms with Crippen LogP contribution in [0.3, 0.4) is 0 Å². The Morgan fingerprint density at radius 3 is 2.53 bits per heavy atom. The van der Waals surface area contributed by atoms with E-state index >= 15 is 0 Å². The number of hydrogen-bond donors (Lipinski definition) is 5. The van der Waals surface area contributed by atoms with E-state index < -0.39 is 34.8 Å². The van der Waals surface area contributed by atoms with Crippen molar-refractivity contribution in [1.29, 1.82) is 0 Å². The third kappa shape index (κ3) is 5.90. The summed E-state index contributed by atoms with van der Waals surface area (Å²) in [5.74, 6) is -2.08. The number of carbonyl (C=O) groups is 5. The van der Waals surface area contributed by atoms with Crippen molar-refractivity contribution in [1.82, 2.24) is 20.8 Å². The molecule has 0 saturated heterocycles. The summed E-state index contributed by atoms with van der Waals surface area (Å²) in [7, 11) is 0. The zero-order valence-electron chi connectivity index (χ0n) is 18.0. The first-order valence-electron chi connectivity index (χ1n) is 9.85. The lowest BCUT2D eigenvalue weighted by atomic mass is 9.87. The number of rotatable bonds is 11. The Kier molecular flexibility index (Phi) is 8.47. The third-order valence-electron chi connectivity index (χ3n) is 4.79. The minimum Gasteiger partial charge on any atom is -0.396 e. The zero-order chi connectivity index (χ0) is 24.1. The number of aliphatic hydroxyl groups is 2. The van der Waals surface area contributed by atoms with Crippen LogP contribution in [0.25, 0.3) is 0 Å². The molecule has 0 aliphatic heterocycles. The summed E-state index contributed by atoms with van der Waals surface area (Å²) in [6, 6.07) is 0. The lowest BCUT2D eigenvalue weighted by molar-refractivity contribution is -0.137. The molecule has 0 aromatic carbocycles. The number of H-pyrrole nitrogens is 1. The van der Waals surface area contributed by atoms with Gasteiger partial charge in [0.2, 0.25) is 23.4 Å². The summed E-state index contributed by atoms with van der Waals surface area (Å²) >= 11 is 1.07. The van der Waals surface area contributed by atoms with Crippen molar-refractivity contribution in [3.05, 3.63) is 27.9 Å². The standard InChI is InChI=1S/C20H26N4O7S/c1-10(26)15-14-16(24-23-15)11(27)8-12(17(14)29)32-7-6-21-13(28)4-5-22-19(31)18(30)20(2,3)9-25/h8,18,25,30H,4-7,9H2,1-3H3,(H,21,28)(H,22,31)(H,23,24)/t18-/m0/s1. The Labute approximate surface area is 188 Å². The van der Waals surface area contributed by atoms with Gasteiger partial charge >= 0.3 is 0 Å². The Bertz CT molecular complexity index is 967. The predicted octanol–water partition coefficient (Wildman–Crippen LogP) is -0.390. The van der Waals surface area contributed by atoms with Gasteiger partial charge in [0.1, 0.15) is 17.5 Å². The molecule has 2 rings (SSSR count). The molecule has 0 spiro atoms. The maximum absolute atomic E-state index is 12.6. The highest BCUT2D eigenvalue weighted by Crippen LogP contribution is 2.29. The van der Waals surface area contributed by atoms with Crippen molar-refractivity contribution >= 4 is 40.9 Å². The van der Waals surface area contributed by atoms with Crippen molar-refractivity contribution in [3.63, 3.8) is 0 Å². The number of allylic oxidation sites excluding steroid dienone is 2. The van der Waals surface area contributed by atoms with Crippen LogP contribution < -0.4 is 10.6 Å². The zero-order valence-corrected chi connectivity index (χ0v) is 18.8. The highest BCUT2D eigenvalue weighted by molar-refractivity contribution is 8.04. The Morgan fingerprint density at radius 2 is 1.91 bits per heavy atom. The number of hydrogen-bond acceptors (Lipinski definition) is 9. The molecule has 12 heteroatoms. The summed E-state index contributed by atoms with van der Waals surface area (Å²) in [5, 5.41) is 30.3. The van der Waals surface area contributed by atoms with Crippen molar-refractivity contribution in [2.75, 3.05) is 25.4 Å². The average molecular weight is 467 g/mol. The second-order valence-electron chi connectivity index (χ2n) is 7.87. The van der Waals surface area contributed by atoms with E-state index in [0.29, 0.717) is 5.75 Å². The molecular formula is C20H26N4O7S. The fraction of sp³-hybridized carbons (Fsp3) is 0.500. The molecule has 1 aromatic rings. The Balaban J connectivity index is 1.75. The van der Waals surface area contributed by atoms with Gasteiger partial charge in [0.05, 0.1) is 17.1 Å². The van der Waals surface area contributed by atoms with Gasteiger partial charge < -0.3 is 20.8 Å². The number of thioether (sulfide) groups is 1. The summed E-state index contributed by atoms with van der Waals surface area (Å²) in [6.07, 6.45) is -0.257. The van der Waals surface area contributed by atoms with Crippen molar-refractivity contribution in [3.8, 4) is 0 Å². The van der Waals surface area contributed by atoms with E-state index in [4.69, 9.17) is 0 Å². The van der Waals surface area contributed by atoms with Gasteiger partial charge in [-0.25, -0.2) is 0 Å². The number of carbonyl (C=O) groups excluding carboxylic acids is 5. The minimum atomic E-state index is -1.41. The smallest absolute Gasteiger partial charge is 0.249 e. The van der Waals surface area contributed by atoms with Gasteiger partial charge in [0.15, 0.2) is 5.78 Å². The molecule has 5 N–H and O–H groups in total. The van der Waals surface area contributed by atoms with Gasteiger partial charge in [-0.2, -0.15) is 5.10 Å². The van der Waals surface area contributed by atoms with Crippen LogP contribution >= 0.6 is 11.8 Å². The summed E-state index contributed by atoms with van der Waals surface area (Å²) < 4.78 is 0. The first kappa shape index (κ1) is 25.4. The number of nitrogens with zero attached hydrogens (tertiary/aromatic N) is 1. The number of Topliss-reactive ketones (excluding diaryl/α,β-unsaturated/α-hetero) is 2. The van der Waals surface area contributed by atoms with Gasteiger partial charge in [-0.05, 0) is 0 Å². The molecule has 2 amide bonds. The normalized spacial score (nSPS) is 14.5. The highest BCUT2D eigenvalue weighted by atomic mass is 32.2. The van der Waals surface area contributed by atoms with E-state index in [9.17, 15) is 34.2 Å². The Hall–Kier alpha value is -2.83. The second kappa shape index (κ2) is 10.7. The van der Waals surface area contributed by atoms with Crippen LogP contribution in [0.4, 0.5) is 0 Å². The molecule has 0 saturated carbocycles. The molecule has 1 aliphatic rings. The summed E-state index contributed by atoms with van der Waals surface area (Å²) in [6.45, 7) is 4.17. The van der Waals surface area contributed by atoms with E-state index in [0.717, 1.165) is 11.8 Å². The summed E-state index contributed by atoms with van der Waals surface area (Å²) in [4.78, 5) is 60.3. The van der Waals surface area contributed by atoms with E-state index in [1.54, 1.807) is 0 Å². The Morgan fingerprint density at radius 1 is 1.22 bits per heavy atom. The van der Waals surface area contributed by atoms with Gasteiger partial charge in [-0.15, -0.1) is 11.8 Å². The van der Waals surface area contributed by atoms with Crippen LogP contribution in [0.15, 0.2) is 11.0 Å². The van der Waals surface area contributed by atoms with E-state index in [-0.39, 0.29) is 53.9 Å². The minimum absolute atomic E-state index is 0.00556. The predicted molar refractivity (Wildman–Crippen MR) is 115 cm³/mol. The van der Waals surface area contributed by atoms with Crippen molar-refractivity contribution in [2.45, 2.75) is 33.3 Å². The summed E-state index contributed by atoms with van der Waals surface area (Å²) in [5.41, 5.74) is -1.11. The van der Waals surface area contributed by atoms with Crippen LogP contribution in [0.2, 0.25) is 0 Å². The monoisotopic (exact) mass is 466 g/mol. The largest absolute Gasteiger partial charge is 0.396 e. The first-order chi connectivity index (χ1) is 15.0. The maximum atomic E-state index is 12.6. The number of fused-ring (bicyclic) bond motifs is 1. The van der Waals surface area contributed by atoms with Gasteiger partial charge in [0.25, 0.3) is 0 Å². The molecule has 11 nitrogen and oxygen atoms in total. The number of nitrogens with one attached hydrogen (secondary N) is 3. The molecule has 32 heavy (non-hydrogen) atoms. The molecule has 174 valence electrons. The van der Waals surface area contributed by atoms with Gasteiger partial charge in [0, 0.05) is 43.7 Å². The fourth-order valence-corrected chi connectivity index (χ4v) is 3.61. The van der Waals surface area contributed by atoms with Crippen LogP contribution in [-0.2, 0) is 9.59 Å². The van der Waals surface area contributed by atoms with Crippen LogP contribution in [0.5, 0.6) is 0 Å². The number of amides is 2. The number of aromatic amines is 1. The molecule has 0 bridgehead atoms. The number of aromatic nitrogens is 2. The second-order valence-corrected chi connectivity index (χ2v) is 9.01. The number of ketones is 3.